The fourth-order valence-corrected chi connectivity index (χ4v) is 2.86. The molecule has 1 saturated heterocycles. The summed E-state index contributed by atoms with van der Waals surface area (Å²) in [5.74, 6) is 1.86. The van der Waals surface area contributed by atoms with E-state index >= 15 is 0 Å². The summed E-state index contributed by atoms with van der Waals surface area (Å²) in [5.41, 5.74) is 0. The highest BCUT2D eigenvalue weighted by Gasteiger charge is 2.26. The Morgan fingerprint density at radius 2 is 2.42 bits per heavy atom. The van der Waals surface area contributed by atoms with Gasteiger partial charge in [0.05, 0.1) is 6.04 Å². The van der Waals surface area contributed by atoms with Crippen molar-refractivity contribution in [1.82, 2.24) is 20.7 Å². The summed E-state index contributed by atoms with van der Waals surface area (Å²) < 4.78 is 4.94. The van der Waals surface area contributed by atoms with Gasteiger partial charge in [0.25, 0.3) is 0 Å². The second-order valence-electron chi connectivity index (χ2n) is 6.01. The van der Waals surface area contributed by atoms with Gasteiger partial charge >= 0.3 is 0 Å². The lowest BCUT2D eigenvalue weighted by molar-refractivity contribution is -0.117. The zero-order valence-corrected chi connectivity index (χ0v) is 13.9. The van der Waals surface area contributed by atoms with E-state index in [-0.39, 0.29) is 11.9 Å². The van der Waals surface area contributed by atoms with E-state index in [4.69, 9.17) is 4.52 Å². The smallest absolute Gasteiger partial charge is 0.242 e. The highest BCUT2D eigenvalue weighted by Crippen LogP contribution is 2.22. The van der Waals surface area contributed by atoms with Crippen molar-refractivity contribution >= 4 is 17.5 Å². The number of hydrogen-bond donors (Lipinski definition) is 2. The molecule has 0 bridgehead atoms. The van der Waals surface area contributed by atoms with Gasteiger partial charge in [-0.1, -0.05) is 5.16 Å². The van der Waals surface area contributed by atoms with Crippen LogP contribution in [0.5, 0.6) is 0 Å². The van der Waals surface area contributed by atoms with Crippen molar-refractivity contribution < 1.29 is 9.32 Å². The molecule has 8 nitrogen and oxygen atoms in total. The normalized spacial score (nSPS) is 18.6. The first-order valence-corrected chi connectivity index (χ1v) is 8.15. The fourth-order valence-electron chi connectivity index (χ4n) is 2.86. The second kappa shape index (κ2) is 7.39. The molecule has 0 spiro atoms. The van der Waals surface area contributed by atoms with Gasteiger partial charge in [-0.3, -0.25) is 4.79 Å². The van der Waals surface area contributed by atoms with Gasteiger partial charge in [0.2, 0.25) is 5.91 Å². The van der Waals surface area contributed by atoms with Crippen LogP contribution in [0.1, 0.15) is 25.5 Å². The van der Waals surface area contributed by atoms with Crippen LogP contribution in [-0.2, 0) is 4.79 Å². The van der Waals surface area contributed by atoms with Crippen LogP contribution in [0.2, 0.25) is 0 Å². The van der Waals surface area contributed by atoms with Crippen LogP contribution < -0.4 is 15.5 Å². The van der Waals surface area contributed by atoms with Gasteiger partial charge in [-0.25, -0.2) is 0 Å². The molecule has 1 aliphatic heterocycles. The first-order valence-electron chi connectivity index (χ1n) is 8.15. The molecule has 2 aromatic rings. The monoisotopic (exact) mass is 330 g/mol. The molecular formula is C16H22N6O2. The van der Waals surface area contributed by atoms with Gasteiger partial charge in [-0.05, 0) is 38.8 Å². The van der Waals surface area contributed by atoms with Gasteiger partial charge < -0.3 is 20.1 Å². The Bertz CT molecular complexity index is 674. The van der Waals surface area contributed by atoms with E-state index in [1.165, 1.54) is 0 Å². The van der Waals surface area contributed by atoms with E-state index in [0.29, 0.717) is 24.2 Å². The van der Waals surface area contributed by atoms with Crippen molar-refractivity contribution in [3.8, 4) is 0 Å². The van der Waals surface area contributed by atoms with Gasteiger partial charge in [-0.15, -0.1) is 5.10 Å². The Morgan fingerprint density at radius 3 is 3.12 bits per heavy atom. The number of amides is 1. The van der Waals surface area contributed by atoms with E-state index < -0.39 is 0 Å². The zero-order chi connectivity index (χ0) is 16.9. The Balaban J connectivity index is 1.51. The number of nitrogens with one attached hydrogen (secondary N) is 2. The number of anilines is 2. The largest absolute Gasteiger partial charge is 0.360 e. The number of carbonyl (C=O) groups excluding carboxylic acids is 1. The van der Waals surface area contributed by atoms with E-state index in [1.54, 1.807) is 19.2 Å². The first-order chi connectivity index (χ1) is 11.6. The topological polar surface area (TPSA) is 96.2 Å². The summed E-state index contributed by atoms with van der Waals surface area (Å²) in [6.45, 7) is 5.29. The third-order valence-electron chi connectivity index (χ3n) is 4.16. The van der Waals surface area contributed by atoms with Crippen molar-refractivity contribution in [2.45, 2.75) is 38.8 Å². The van der Waals surface area contributed by atoms with Gasteiger partial charge in [0, 0.05) is 31.4 Å². The standard InChI is InChI=1S/C16H22N6O2/c1-11-9-14(21-24-11)19-16(23)12(2)17-10-13-5-4-8-22(13)15-6-3-7-18-20-15/h3,6-7,9,12-13,17H,4-5,8,10H2,1-2H3,(H,19,21,23)/t12-,13+/m1/s1. The second-order valence-corrected chi connectivity index (χ2v) is 6.01. The first kappa shape index (κ1) is 16.4. The predicted octanol–water partition coefficient (Wildman–Crippen LogP) is 1.36. The third-order valence-corrected chi connectivity index (χ3v) is 4.16. The van der Waals surface area contributed by atoms with Gasteiger partial charge in [0.1, 0.15) is 5.76 Å². The number of aromatic nitrogens is 3. The van der Waals surface area contributed by atoms with Crippen LogP contribution in [0, 0.1) is 6.92 Å². The number of aryl methyl sites for hydroxylation is 1. The Kier molecular flexibility index (Phi) is 5.05. The summed E-state index contributed by atoms with van der Waals surface area (Å²) in [4.78, 5) is 14.4. The van der Waals surface area contributed by atoms with Crippen LogP contribution in [0.3, 0.4) is 0 Å². The van der Waals surface area contributed by atoms with Crippen molar-refractivity contribution in [3.63, 3.8) is 0 Å². The number of rotatable bonds is 6. The van der Waals surface area contributed by atoms with Gasteiger partial charge in [0.15, 0.2) is 11.6 Å². The lowest BCUT2D eigenvalue weighted by atomic mass is 10.2. The molecular weight excluding hydrogens is 308 g/mol. The quantitative estimate of drug-likeness (QED) is 0.825. The minimum Gasteiger partial charge on any atom is -0.360 e. The average Bonchev–Trinajstić information content (AvgIpc) is 3.22. The van der Waals surface area contributed by atoms with Crippen molar-refractivity contribution in [2.75, 3.05) is 23.3 Å². The fraction of sp³-hybridized carbons (Fsp3) is 0.500. The number of carbonyl (C=O) groups is 1. The Morgan fingerprint density at radius 1 is 1.54 bits per heavy atom. The third kappa shape index (κ3) is 3.88. The number of hydrogen-bond acceptors (Lipinski definition) is 7. The van der Waals surface area contributed by atoms with Gasteiger partial charge in [-0.2, -0.15) is 5.10 Å². The molecule has 0 radical (unpaired) electrons. The molecule has 1 fully saturated rings. The van der Waals surface area contributed by atoms with Crippen LogP contribution >= 0.6 is 0 Å². The highest BCUT2D eigenvalue weighted by atomic mass is 16.5. The molecule has 8 heteroatoms. The summed E-state index contributed by atoms with van der Waals surface area (Å²) in [5, 5.41) is 17.9. The molecule has 0 saturated carbocycles. The summed E-state index contributed by atoms with van der Waals surface area (Å²) in [6, 6.07) is 5.53. The maximum atomic E-state index is 12.2. The number of nitrogens with zero attached hydrogens (tertiary/aromatic N) is 4. The summed E-state index contributed by atoms with van der Waals surface area (Å²) >= 11 is 0. The van der Waals surface area contributed by atoms with E-state index in [0.717, 1.165) is 25.2 Å². The minimum absolute atomic E-state index is 0.132. The molecule has 2 N–H and O–H groups in total. The molecule has 24 heavy (non-hydrogen) atoms. The molecule has 0 unspecified atom stereocenters. The van der Waals surface area contributed by atoms with Crippen molar-refractivity contribution in [1.29, 1.82) is 0 Å². The summed E-state index contributed by atoms with van der Waals surface area (Å²) in [6.07, 6.45) is 3.85. The maximum absolute atomic E-state index is 12.2. The lowest BCUT2D eigenvalue weighted by Crippen LogP contribution is -2.45. The van der Waals surface area contributed by atoms with E-state index in [9.17, 15) is 4.79 Å². The van der Waals surface area contributed by atoms with Crippen molar-refractivity contribution in [2.24, 2.45) is 0 Å². The van der Waals surface area contributed by atoms with Crippen LogP contribution in [0.4, 0.5) is 11.6 Å². The SMILES string of the molecule is Cc1cc(NC(=O)[C@@H](C)NC[C@@H]2CCCN2c2cccnn2)no1. The van der Waals surface area contributed by atoms with Crippen molar-refractivity contribution in [3.05, 3.63) is 30.2 Å². The molecule has 1 amide bonds. The Labute approximate surface area is 140 Å². The molecule has 1 aliphatic rings. The average molecular weight is 330 g/mol. The molecule has 0 aromatic carbocycles. The minimum atomic E-state index is -0.327. The molecule has 128 valence electrons. The molecule has 3 heterocycles. The van der Waals surface area contributed by atoms with Crippen LogP contribution in [0.15, 0.2) is 28.9 Å². The van der Waals surface area contributed by atoms with E-state index in [1.807, 2.05) is 19.1 Å². The van der Waals surface area contributed by atoms with Crippen LogP contribution in [-0.4, -0.2) is 46.4 Å². The maximum Gasteiger partial charge on any atom is 0.242 e. The molecule has 0 aliphatic carbocycles. The molecule has 3 rings (SSSR count). The molecule has 2 atom stereocenters. The van der Waals surface area contributed by atoms with E-state index in [2.05, 4.69) is 30.9 Å². The Hall–Kier alpha value is -2.48. The van der Waals surface area contributed by atoms with Crippen LogP contribution in [0.25, 0.3) is 0 Å². The highest BCUT2D eigenvalue weighted by molar-refractivity contribution is 5.93. The lowest BCUT2D eigenvalue weighted by Gasteiger charge is -2.26. The predicted molar refractivity (Wildman–Crippen MR) is 89.7 cm³/mol. The summed E-state index contributed by atoms with van der Waals surface area (Å²) in [7, 11) is 0. The molecule has 2 aromatic heterocycles. The zero-order valence-electron chi connectivity index (χ0n) is 13.9.